The Hall–Kier alpha value is -1.09. The normalized spacial score (nSPS) is 29.8. The van der Waals surface area contributed by atoms with E-state index in [1.54, 1.807) is 0 Å². The summed E-state index contributed by atoms with van der Waals surface area (Å²) in [5.74, 6) is -0.214. The van der Waals surface area contributed by atoms with Crippen molar-refractivity contribution in [1.29, 1.82) is 0 Å². The van der Waals surface area contributed by atoms with E-state index in [4.69, 9.17) is 5.11 Å². The fourth-order valence-corrected chi connectivity index (χ4v) is 0.881. The minimum absolute atomic E-state index is 0.0934. The molecular weight excluding hydrogens is 144 g/mol. The Balaban J connectivity index is 2.82. The maximum absolute atomic E-state index is 10.8. The third-order valence-electron chi connectivity index (χ3n) is 1.76. The number of aliphatic hydroxyl groups is 2. The van der Waals surface area contributed by atoms with Gasteiger partial charge in [-0.3, -0.25) is 4.79 Å². The second-order valence-electron chi connectivity index (χ2n) is 2.65. The lowest BCUT2D eigenvalue weighted by molar-refractivity contribution is -0.130. The number of ketones is 1. The second kappa shape index (κ2) is 2.51. The molecule has 3 heteroatoms. The van der Waals surface area contributed by atoms with E-state index in [1.807, 2.05) is 0 Å². The van der Waals surface area contributed by atoms with Gasteiger partial charge in [0, 0.05) is 6.42 Å². The SMILES string of the molecule is CC(=O)C1(O)C=CC(O)=CC1. The summed E-state index contributed by atoms with van der Waals surface area (Å²) in [5.41, 5.74) is -1.40. The van der Waals surface area contributed by atoms with Gasteiger partial charge in [0.1, 0.15) is 11.4 Å². The lowest BCUT2D eigenvalue weighted by Crippen LogP contribution is -2.35. The lowest BCUT2D eigenvalue weighted by atomic mass is 9.91. The van der Waals surface area contributed by atoms with Crippen molar-refractivity contribution in [2.75, 3.05) is 0 Å². The van der Waals surface area contributed by atoms with Crippen molar-refractivity contribution in [3.63, 3.8) is 0 Å². The summed E-state index contributed by atoms with van der Waals surface area (Å²) >= 11 is 0. The van der Waals surface area contributed by atoms with Crippen LogP contribution in [-0.2, 0) is 4.79 Å². The molecule has 0 amide bonds. The largest absolute Gasteiger partial charge is 0.508 e. The Morgan fingerprint density at radius 1 is 1.73 bits per heavy atom. The molecule has 0 spiro atoms. The Labute approximate surface area is 64.7 Å². The molecule has 0 heterocycles. The highest BCUT2D eigenvalue weighted by Gasteiger charge is 2.29. The summed E-state index contributed by atoms with van der Waals surface area (Å²) in [6.45, 7) is 1.32. The molecular formula is C8H10O3. The van der Waals surface area contributed by atoms with Crippen LogP contribution in [0, 0.1) is 0 Å². The fourth-order valence-electron chi connectivity index (χ4n) is 0.881. The molecule has 0 radical (unpaired) electrons. The number of hydrogen-bond acceptors (Lipinski definition) is 3. The zero-order chi connectivity index (χ0) is 8.48. The molecule has 0 saturated carbocycles. The Kier molecular flexibility index (Phi) is 1.83. The number of hydrogen-bond donors (Lipinski definition) is 2. The monoisotopic (exact) mass is 154 g/mol. The summed E-state index contributed by atoms with van der Waals surface area (Å²) in [6, 6.07) is 0. The number of allylic oxidation sites excluding steroid dienone is 1. The average Bonchev–Trinajstić information content (AvgIpc) is 1.95. The minimum atomic E-state index is -1.40. The number of Topliss-reactive ketones (excluding diaryl/α,β-unsaturated/α-hetero) is 1. The summed E-state index contributed by atoms with van der Waals surface area (Å²) in [4.78, 5) is 10.8. The molecule has 2 N–H and O–H groups in total. The Bertz CT molecular complexity index is 240. The molecule has 0 aliphatic heterocycles. The fraction of sp³-hybridized carbons (Fsp3) is 0.375. The molecule has 0 saturated heterocycles. The molecule has 1 atom stereocenters. The first kappa shape index (κ1) is 8.01. The number of aliphatic hydroxyl groups excluding tert-OH is 1. The Morgan fingerprint density at radius 3 is 2.73 bits per heavy atom. The van der Waals surface area contributed by atoms with Crippen LogP contribution in [0.2, 0.25) is 0 Å². The van der Waals surface area contributed by atoms with Gasteiger partial charge in [-0.15, -0.1) is 0 Å². The van der Waals surface area contributed by atoms with Gasteiger partial charge in [-0.25, -0.2) is 0 Å². The first-order valence-corrected chi connectivity index (χ1v) is 3.36. The summed E-state index contributed by atoms with van der Waals surface area (Å²) < 4.78 is 0. The highest BCUT2D eigenvalue weighted by Crippen LogP contribution is 2.20. The van der Waals surface area contributed by atoms with Gasteiger partial charge in [-0.1, -0.05) is 0 Å². The van der Waals surface area contributed by atoms with E-state index in [1.165, 1.54) is 25.2 Å². The van der Waals surface area contributed by atoms with E-state index in [0.717, 1.165) is 0 Å². The molecule has 1 aliphatic carbocycles. The van der Waals surface area contributed by atoms with Crippen LogP contribution in [0.5, 0.6) is 0 Å². The van der Waals surface area contributed by atoms with Gasteiger partial charge in [0.25, 0.3) is 0 Å². The van der Waals surface area contributed by atoms with Gasteiger partial charge >= 0.3 is 0 Å². The molecule has 0 bridgehead atoms. The highest BCUT2D eigenvalue weighted by atomic mass is 16.3. The molecule has 1 aliphatic rings. The van der Waals surface area contributed by atoms with E-state index in [0.29, 0.717) is 0 Å². The predicted molar refractivity (Wildman–Crippen MR) is 40.1 cm³/mol. The number of carbonyl (C=O) groups excluding carboxylic acids is 1. The van der Waals surface area contributed by atoms with Crippen LogP contribution in [0.15, 0.2) is 24.0 Å². The zero-order valence-corrected chi connectivity index (χ0v) is 6.24. The summed E-state index contributed by atoms with van der Waals surface area (Å²) in [6.07, 6.45) is 4.21. The van der Waals surface area contributed by atoms with Crippen molar-refractivity contribution in [1.82, 2.24) is 0 Å². The molecule has 0 aromatic heterocycles. The van der Waals surface area contributed by atoms with Crippen molar-refractivity contribution >= 4 is 5.78 Å². The number of rotatable bonds is 1. The Morgan fingerprint density at radius 2 is 2.36 bits per heavy atom. The molecule has 11 heavy (non-hydrogen) atoms. The minimum Gasteiger partial charge on any atom is -0.508 e. The molecule has 0 aromatic carbocycles. The second-order valence-corrected chi connectivity index (χ2v) is 2.65. The molecule has 0 fully saturated rings. The maximum Gasteiger partial charge on any atom is 0.165 e. The van der Waals surface area contributed by atoms with Gasteiger partial charge in [-0.05, 0) is 25.2 Å². The lowest BCUT2D eigenvalue weighted by Gasteiger charge is -2.21. The summed E-state index contributed by atoms with van der Waals surface area (Å²) in [7, 11) is 0. The van der Waals surface area contributed by atoms with Gasteiger partial charge < -0.3 is 10.2 Å². The summed E-state index contributed by atoms with van der Waals surface area (Å²) in [5, 5.41) is 18.3. The molecule has 1 unspecified atom stereocenters. The highest BCUT2D eigenvalue weighted by molar-refractivity contribution is 5.87. The molecule has 1 rings (SSSR count). The topological polar surface area (TPSA) is 57.5 Å². The molecule has 0 aromatic rings. The predicted octanol–water partition coefficient (Wildman–Crippen LogP) is 0.708. The first-order valence-electron chi connectivity index (χ1n) is 3.36. The standard InChI is InChI=1S/C8H10O3/c1-6(9)8(11)4-2-7(10)3-5-8/h2-4,10-11H,5H2,1H3. The zero-order valence-electron chi connectivity index (χ0n) is 6.24. The van der Waals surface area contributed by atoms with E-state index in [9.17, 15) is 9.90 Å². The van der Waals surface area contributed by atoms with Crippen LogP contribution >= 0.6 is 0 Å². The third-order valence-corrected chi connectivity index (χ3v) is 1.76. The quantitative estimate of drug-likeness (QED) is 0.584. The van der Waals surface area contributed by atoms with Crippen LogP contribution in [0.3, 0.4) is 0 Å². The van der Waals surface area contributed by atoms with Gasteiger partial charge in [0.15, 0.2) is 5.78 Å². The van der Waals surface area contributed by atoms with Crippen molar-refractivity contribution in [3.05, 3.63) is 24.0 Å². The number of carbonyl (C=O) groups is 1. The van der Waals surface area contributed by atoms with E-state index in [2.05, 4.69) is 0 Å². The smallest absolute Gasteiger partial charge is 0.165 e. The third kappa shape index (κ3) is 1.49. The molecule has 3 nitrogen and oxygen atoms in total. The van der Waals surface area contributed by atoms with Crippen LogP contribution in [0.25, 0.3) is 0 Å². The van der Waals surface area contributed by atoms with Crippen molar-refractivity contribution in [2.45, 2.75) is 18.9 Å². The van der Waals surface area contributed by atoms with Crippen LogP contribution in [0.1, 0.15) is 13.3 Å². The van der Waals surface area contributed by atoms with Crippen molar-refractivity contribution in [3.8, 4) is 0 Å². The van der Waals surface area contributed by atoms with Crippen LogP contribution in [0.4, 0.5) is 0 Å². The van der Waals surface area contributed by atoms with E-state index >= 15 is 0 Å². The molecule has 60 valence electrons. The van der Waals surface area contributed by atoms with Crippen molar-refractivity contribution in [2.24, 2.45) is 0 Å². The first-order chi connectivity index (χ1) is 5.04. The maximum atomic E-state index is 10.8. The van der Waals surface area contributed by atoms with E-state index in [-0.39, 0.29) is 18.0 Å². The average molecular weight is 154 g/mol. The van der Waals surface area contributed by atoms with Gasteiger partial charge in [0.2, 0.25) is 0 Å². The van der Waals surface area contributed by atoms with Gasteiger partial charge in [0.05, 0.1) is 0 Å². The van der Waals surface area contributed by atoms with Crippen LogP contribution in [-0.4, -0.2) is 21.6 Å². The van der Waals surface area contributed by atoms with E-state index < -0.39 is 5.60 Å². The van der Waals surface area contributed by atoms with Crippen LogP contribution < -0.4 is 0 Å². The van der Waals surface area contributed by atoms with Gasteiger partial charge in [-0.2, -0.15) is 0 Å². The van der Waals surface area contributed by atoms with Crippen molar-refractivity contribution < 1.29 is 15.0 Å².